The van der Waals surface area contributed by atoms with Gasteiger partial charge in [-0.2, -0.15) is 0 Å². The summed E-state index contributed by atoms with van der Waals surface area (Å²) < 4.78 is 0. The van der Waals surface area contributed by atoms with E-state index in [9.17, 15) is 4.79 Å². The van der Waals surface area contributed by atoms with Crippen LogP contribution in [0.1, 0.15) is 0 Å². The smallest absolute Gasteiger partial charge is 0.327 e. The van der Waals surface area contributed by atoms with Crippen LogP contribution in [0.4, 0.5) is 0 Å². The Balaban J connectivity index is 0. The number of carbonyl (C=O) groups is 1. The van der Waals surface area contributed by atoms with Crippen molar-refractivity contribution in [3.63, 3.8) is 0 Å². The summed E-state index contributed by atoms with van der Waals surface area (Å²) in [6.07, 6.45) is 0.833. The van der Waals surface area contributed by atoms with Crippen LogP contribution in [0.3, 0.4) is 0 Å². The Labute approximate surface area is 56.4 Å². The van der Waals surface area contributed by atoms with E-state index in [0.29, 0.717) is 0 Å². The summed E-state index contributed by atoms with van der Waals surface area (Å²) in [5.41, 5.74) is 0. The van der Waals surface area contributed by atoms with Crippen LogP contribution >= 0.6 is 0 Å². The van der Waals surface area contributed by atoms with Gasteiger partial charge >= 0.3 is 5.97 Å². The minimum atomic E-state index is -0.981. The Morgan fingerprint density at radius 3 is 2.00 bits per heavy atom. The summed E-state index contributed by atoms with van der Waals surface area (Å²) in [6.45, 7) is 2.96. The molecule has 0 aliphatic heterocycles. The van der Waals surface area contributed by atoms with Gasteiger partial charge in [0, 0.05) is 33.7 Å². The molecule has 0 unspecified atom stereocenters. The van der Waals surface area contributed by atoms with Crippen LogP contribution in [0.5, 0.6) is 0 Å². The second-order valence-electron chi connectivity index (χ2n) is 0.542. The second kappa shape index (κ2) is 5.15. The predicted octanol–water partition coefficient (Wildman–Crippen LogP) is 0.254. The third kappa shape index (κ3) is 8.91. The molecule has 0 aromatic carbocycles. The molecule has 0 rings (SSSR count). The minimum absolute atomic E-state index is 0. The first-order valence-corrected chi connectivity index (χ1v) is 1.12. The standard InChI is InChI=1S/C3H4O2.Hg/c1-2-3(4)5;/h2H,1H2,(H,4,5);. The van der Waals surface area contributed by atoms with Crippen molar-refractivity contribution in [2.45, 2.75) is 0 Å². The number of carboxylic acid groups (broad SMARTS) is 1. The summed E-state index contributed by atoms with van der Waals surface area (Å²) in [6, 6.07) is 0. The van der Waals surface area contributed by atoms with Crippen LogP contribution in [0.25, 0.3) is 0 Å². The van der Waals surface area contributed by atoms with Gasteiger partial charge < -0.3 is 5.11 Å². The summed E-state index contributed by atoms with van der Waals surface area (Å²) in [5, 5.41) is 7.60. The van der Waals surface area contributed by atoms with E-state index in [4.69, 9.17) is 5.11 Å². The average molecular weight is 273 g/mol. The molecule has 1 N–H and O–H groups in total. The molecular formula is C3H4HgO2. The van der Waals surface area contributed by atoms with E-state index in [1.54, 1.807) is 0 Å². The van der Waals surface area contributed by atoms with Crippen molar-refractivity contribution in [1.29, 1.82) is 0 Å². The molecule has 0 saturated heterocycles. The minimum Gasteiger partial charge on any atom is -0.478 e. The zero-order chi connectivity index (χ0) is 4.28. The van der Waals surface area contributed by atoms with Crippen molar-refractivity contribution >= 4 is 5.97 Å². The maximum Gasteiger partial charge on any atom is 0.327 e. The van der Waals surface area contributed by atoms with E-state index in [1.165, 1.54) is 0 Å². The molecule has 0 fully saturated rings. The van der Waals surface area contributed by atoms with Gasteiger partial charge in [0.05, 0.1) is 0 Å². The van der Waals surface area contributed by atoms with Gasteiger partial charge in [-0.1, -0.05) is 6.58 Å². The molecule has 0 atom stereocenters. The Kier molecular flexibility index (Phi) is 8.12. The molecular weight excluding hydrogens is 269 g/mol. The van der Waals surface area contributed by atoms with E-state index < -0.39 is 5.97 Å². The van der Waals surface area contributed by atoms with Gasteiger partial charge in [-0.05, 0) is 0 Å². The van der Waals surface area contributed by atoms with Crippen LogP contribution < -0.4 is 0 Å². The topological polar surface area (TPSA) is 37.3 Å². The monoisotopic (exact) mass is 274 g/mol. The summed E-state index contributed by atoms with van der Waals surface area (Å²) in [4.78, 5) is 9.25. The fourth-order valence-electron chi connectivity index (χ4n) is 0. The van der Waals surface area contributed by atoms with Crippen molar-refractivity contribution in [2.75, 3.05) is 0 Å². The fraction of sp³-hybridized carbons (Fsp3) is 0. The maximum absolute atomic E-state index is 9.25. The van der Waals surface area contributed by atoms with Crippen molar-refractivity contribution in [3.05, 3.63) is 12.7 Å². The van der Waals surface area contributed by atoms with Gasteiger partial charge in [-0.15, -0.1) is 0 Å². The fourth-order valence-corrected chi connectivity index (χ4v) is 0. The van der Waals surface area contributed by atoms with Crippen LogP contribution in [0.15, 0.2) is 12.7 Å². The first kappa shape index (κ1) is 9.47. The Hall–Kier alpha value is 0.145. The van der Waals surface area contributed by atoms with E-state index in [2.05, 4.69) is 6.58 Å². The molecule has 0 heterocycles. The molecule has 0 aromatic heterocycles. The molecule has 3 heteroatoms. The third-order valence-corrected chi connectivity index (χ3v) is 0.175. The molecule has 6 heavy (non-hydrogen) atoms. The normalized spacial score (nSPS) is 5.33. The zero-order valence-electron chi connectivity index (χ0n) is 3.35. The van der Waals surface area contributed by atoms with E-state index >= 15 is 0 Å². The number of aliphatic carboxylic acids is 1. The van der Waals surface area contributed by atoms with Crippen molar-refractivity contribution in [1.82, 2.24) is 0 Å². The summed E-state index contributed by atoms with van der Waals surface area (Å²) in [5.74, 6) is -0.981. The van der Waals surface area contributed by atoms with Gasteiger partial charge in [-0.25, -0.2) is 4.79 Å². The number of rotatable bonds is 1. The van der Waals surface area contributed by atoms with E-state index in [-0.39, 0.29) is 27.7 Å². The summed E-state index contributed by atoms with van der Waals surface area (Å²) in [7, 11) is 0. The van der Waals surface area contributed by atoms with Crippen molar-refractivity contribution in [2.24, 2.45) is 0 Å². The van der Waals surface area contributed by atoms with Crippen LogP contribution in [0.2, 0.25) is 0 Å². The molecule has 0 aliphatic carbocycles. The van der Waals surface area contributed by atoms with E-state index in [0.717, 1.165) is 6.08 Å². The summed E-state index contributed by atoms with van der Waals surface area (Å²) >= 11 is 0. The van der Waals surface area contributed by atoms with Gasteiger partial charge in [0.25, 0.3) is 0 Å². The number of hydrogen-bond donors (Lipinski definition) is 1. The molecule has 0 radical (unpaired) electrons. The van der Waals surface area contributed by atoms with E-state index in [1.807, 2.05) is 0 Å². The molecule has 0 spiro atoms. The number of carboxylic acids is 1. The molecule has 30 valence electrons. The molecule has 0 bridgehead atoms. The molecule has 0 aromatic rings. The quantitative estimate of drug-likeness (QED) is 0.549. The van der Waals surface area contributed by atoms with Crippen molar-refractivity contribution in [3.8, 4) is 0 Å². The average Bonchev–Trinajstić information content (AvgIpc) is 1.38. The van der Waals surface area contributed by atoms with Gasteiger partial charge in [0.15, 0.2) is 0 Å². The zero-order valence-corrected chi connectivity index (χ0v) is 8.84. The molecule has 0 saturated carbocycles. The molecule has 2 nitrogen and oxygen atoms in total. The van der Waals surface area contributed by atoms with Crippen molar-refractivity contribution < 1.29 is 37.6 Å². The Morgan fingerprint density at radius 2 is 2.00 bits per heavy atom. The number of hydrogen-bond acceptors (Lipinski definition) is 1. The second-order valence-corrected chi connectivity index (χ2v) is 0.542. The maximum atomic E-state index is 9.25. The predicted molar refractivity (Wildman–Crippen MR) is 17.8 cm³/mol. The molecule has 0 amide bonds. The molecule has 0 aliphatic rings. The third-order valence-electron chi connectivity index (χ3n) is 0.175. The first-order chi connectivity index (χ1) is 2.27. The Bertz CT molecular complexity index is 59.8. The van der Waals surface area contributed by atoms with Crippen LogP contribution in [-0.2, 0) is 32.5 Å². The van der Waals surface area contributed by atoms with Crippen LogP contribution in [-0.4, -0.2) is 11.1 Å². The Morgan fingerprint density at radius 1 is 1.83 bits per heavy atom. The van der Waals surface area contributed by atoms with Gasteiger partial charge in [-0.3, -0.25) is 0 Å². The van der Waals surface area contributed by atoms with Gasteiger partial charge in [0.2, 0.25) is 0 Å². The van der Waals surface area contributed by atoms with Crippen LogP contribution in [0, 0.1) is 0 Å². The van der Waals surface area contributed by atoms with Gasteiger partial charge in [0.1, 0.15) is 0 Å². The SMILES string of the molecule is C=CC(=O)O.[Hg]. The first-order valence-electron chi connectivity index (χ1n) is 1.12. The largest absolute Gasteiger partial charge is 0.478 e.